The van der Waals surface area contributed by atoms with Gasteiger partial charge >= 0.3 is 6.03 Å². The van der Waals surface area contributed by atoms with Gasteiger partial charge in [-0.3, -0.25) is 0 Å². The predicted molar refractivity (Wildman–Crippen MR) is 66.4 cm³/mol. The Hall–Kier alpha value is -0.950. The van der Waals surface area contributed by atoms with Crippen molar-refractivity contribution < 1.29 is 18.3 Å². The number of piperidine rings is 1. The second-order valence-corrected chi connectivity index (χ2v) is 5.01. The van der Waals surface area contributed by atoms with Gasteiger partial charge in [-0.1, -0.05) is 0 Å². The second kappa shape index (κ2) is 7.00. The van der Waals surface area contributed by atoms with E-state index in [2.05, 4.69) is 10.6 Å². The van der Waals surface area contributed by atoms with Gasteiger partial charge in [-0.05, 0) is 25.8 Å². The van der Waals surface area contributed by atoms with E-state index in [-0.39, 0.29) is 25.1 Å². The van der Waals surface area contributed by atoms with E-state index < -0.39 is 12.5 Å². The van der Waals surface area contributed by atoms with Crippen LogP contribution in [0.4, 0.5) is 13.6 Å². The van der Waals surface area contributed by atoms with Crippen LogP contribution < -0.4 is 10.6 Å². The molecule has 2 N–H and O–H groups in total. The van der Waals surface area contributed by atoms with Crippen molar-refractivity contribution in [3.8, 4) is 0 Å². The Morgan fingerprint density at radius 3 is 2.89 bits per heavy atom. The average Bonchev–Trinajstić information content (AvgIpc) is 2.65. The van der Waals surface area contributed by atoms with Crippen molar-refractivity contribution in [2.45, 2.75) is 37.8 Å². The van der Waals surface area contributed by atoms with Crippen LogP contribution in [-0.4, -0.2) is 62.3 Å². The third-order valence-corrected chi connectivity index (χ3v) is 3.57. The van der Waals surface area contributed by atoms with Crippen LogP contribution in [0.1, 0.15) is 19.3 Å². The molecule has 2 fully saturated rings. The number of ether oxygens (including phenoxy) is 1. The minimum Gasteiger partial charge on any atom is -0.370 e. The largest absolute Gasteiger partial charge is 0.370 e. The Balaban J connectivity index is 1.78. The highest BCUT2D eigenvalue weighted by molar-refractivity contribution is 5.74. The number of hydrogen-bond donors (Lipinski definition) is 2. The quantitative estimate of drug-likeness (QED) is 0.785. The van der Waals surface area contributed by atoms with Crippen molar-refractivity contribution in [3.63, 3.8) is 0 Å². The van der Waals surface area contributed by atoms with Crippen LogP contribution in [0.3, 0.4) is 0 Å². The molecule has 2 saturated heterocycles. The van der Waals surface area contributed by atoms with E-state index in [9.17, 15) is 13.6 Å². The molecular weight excluding hydrogens is 256 g/mol. The molecule has 110 valence electrons. The van der Waals surface area contributed by atoms with Crippen LogP contribution in [0.25, 0.3) is 0 Å². The molecular formula is C12H21F2N3O2. The lowest BCUT2D eigenvalue weighted by atomic mass is 10.1. The molecule has 2 aliphatic rings. The highest BCUT2D eigenvalue weighted by Gasteiger charge is 2.27. The molecule has 0 aromatic carbocycles. The molecule has 2 heterocycles. The number of carbonyl (C=O) groups is 1. The van der Waals surface area contributed by atoms with Crippen LogP contribution in [-0.2, 0) is 4.74 Å². The van der Waals surface area contributed by atoms with Gasteiger partial charge in [-0.15, -0.1) is 0 Å². The Labute approximate surface area is 111 Å². The van der Waals surface area contributed by atoms with Crippen molar-refractivity contribution in [2.24, 2.45) is 0 Å². The molecule has 0 aliphatic carbocycles. The summed E-state index contributed by atoms with van der Waals surface area (Å²) in [5.74, 6) is 0. The molecule has 19 heavy (non-hydrogen) atoms. The van der Waals surface area contributed by atoms with Crippen molar-refractivity contribution in [3.05, 3.63) is 0 Å². The SMILES string of the molecule is O=C(N[C@@H]1CCCNC1)N1CCOC(C(F)F)CC1. The molecule has 2 rings (SSSR count). The number of hydrogen-bond acceptors (Lipinski definition) is 3. The molecule has 0 radical (unpaired) electrons. The molecule has 1 unspecified atom stereocenters. The number of alkyl halides is 2. The summed E-state index contributed by atoms with van der Waals surface area (Å²) in [6.07, 6.45) is -1.34. The van der Waals surface area contributed by atoms with E-state index >= 15 is 0 Å². The third kappa shape index (κ3) is 4.28. The molecule has 0 spiro atoms. The number of nitrogens with one attached hydrogen (secondary N) is 2. The van der Waals surface area contributed by atoms with Gasteiger partial charge in [-0.2, -0.15) is 0 Å². The van der Waals surface area contributed by atoms with Crippen molar-refractivity contribution in [2.75, 3.05) is 32.8 Å². The maximum Gasteiger partial charge on any atom is 0.317 e. The first-order valence-electron chi connectivity index (χ1n) is 6.82. The number of urea groups is 1. The average molecular weight is 277 g/mol. The zero-order valence-electron chi connectivity index (χ0n) is 10.9. The van der Waals surface area contributed by atoms with Crippen LogP contribution in [0.5, 0.6) is 0 Å². The molecule has 2 aliphatic heterocycles. The number of amides is 2. The van der Waals surface area contributed by atoms with Gasteiger partial charge in [0.2, 0.25) is 0 Å². The van der Waals surface area contributed by atoms with Crippen molar-refractivity contribution >= 4 is 6.03 Å². The van der Waals surface area contributed by atoms with Gasteiger partial charge in [0.1, 0.15) is 6.10 Å². The molecule has 0 aromatic rings. The summed E-state index contributed by atoms with van der Waals surface area (Å²) in [4.78, 5) is 13.6. The molecule has 5 nitrogen and oxygen atoms in total. The fourth-order valence-corrected chi connectivity index (χ4v) is 2.44. The first-order chi connectivity index (χ1) is 9.16. The normalized spacial score (nSPS) is 29.1. The van der Waals surface area contributed by atoms with Gasteiger partial charge in [0.25, 0.3) is 6.43 Å². The first kappa shape index (κ1) is 14.5. The minimum atomic E-state index is -2.48. The monoisotopic (exact) mass is 277 g/mol. The molecule has 0 aromatic heterocycles. The van der Waals surface area contributed by atoms with Gasteiger partial charge < -0.3 is 20.3 Å². The Morgan fingerprint density at radius 2 is 2.21 bits per heavy atom. The van der Waals surface area contributed by atoms with Crippen LogP contribution >= 0.6 is 0 Å². The predicted octanol–water partition coefficient (Wildman–Crippen LogP) is 0.804. The summed E-state index contributed by atoms with van der Waals surface area (Å²) in [5.41, 5.74) is 0. The standard InChI is InChI=1S/C12H21F2N3O2/c13-11(14)10-3-5-17(6-7-19-10)12(18)16-9-2-1-4-15-8-9/h9-11,15H,1-8H2,(H,16,18)/t9-,10?/m1/s1. The maximum atomic E-state index is 12.5. The van der Waals surface area contributed by atoms with E-state index in [0.29, 0.717) is 13.1 Å². The Kier molecular flexibility index (Phi) is 5.33. The summed E-state index contributed by atoms with van der Waals surface area (Å²) in [6, 6.07) is -0.0384. The molecule has 7 heteroatoms. The van der Waals surface area contributed by atoms with Crippen LogP contribution in [0, 0.1) is 0 Å². The number of rotatable bonds is 2. The first-order valence-corrected chi connectivity index (χ1v) is 6.82. The van der Waals surface area contributed by atoms with E-state index in [1.54, 1.807) is 4.90 Å². The summed E-state index contributed by atoms with van der Waals surface area (Å²) >= 11 is 0. The molecule has 0 bridgehead atoms. The van der Waals surface area contributed by atoms with Crippen LogP contribution in [0.2, 0.25) is 0 Å². The van der Waals surface area contributed by atoms with Gasteiger partial charge in [-0.25, -0.2) is 13.6 Å². The maximum absolute atomic E-state index is 12.5. The zero-order chi connectivity index (χ0) is 13.7. The lowest BCUT2D eigenvalue weighted by molar-refractivity contribution is -0.0495. The number of carbonyl (C=O) groups excluding carboxylic acids is 1. The summed E-state index contributed by atoms with van der Waals surface area (Å²) in [6.45, 7) is 2.62. The van der Waals surface area contributed by atoms with Crippen molar-refractivity contribution in [1.29, 1.82) is 0 Å². The number of nitrogens with zero attached hydrogens (tertiary/aromatic N) is 1. The fraction of sp³-hybridized carbons (Fsp3) is 0.917. The second-order valence-electron chi connectivity index (χ2n) is 5.01. The van der Waals surface area contributed by atoms with Crippen LogP contribution in [0.15, 0.2) is 0 Å². The fourth-order valence-electron chi connectivity index (χ4n) is 2.44. The Morgan fingerprint density at radius 1 is 1.37 bits per heavy atom. The summed E-state index contributed by atoms with van der Waals surface area (Å²) in [5, 5.41) is 6.16. The lowest BCUT2D eigenvalue weighted by Gasteiger charge is -2.27. The highest BCUT2D eigenvalue weighted by atomic mass is 19.3. The highest BCUT2D eigenvalue weighted by Crippen LogP contribution is 2.14. The van der Waals surface area contributed by atoms with Gasteiger partial charge in [0.15, 0.2) is 0 Å². The van der Waals surface area contributed by atoms with E-state index in [1.165, 1.54) is 0 Å². The molecule has 2 amide bonds. The van der Waals surface area contributed by atoms with Gasteiger partial charge in [0.05, 0.1) is 6.61 Å². The topological polar surface area (TPSA) is 53.6 Å². The van der Waals surface area contributed by atoms with E-state index in [0.717, 1.165) is 25.9 Å². The summed E-state index contributed by atoms with van der Waals surface area (Å²) in [7, 11) is 0. The summed E-state index contributed by atoms with van der Waals surface area (Å²) < 4.78 is 30.1. The molecule has 0 saturated carbocycles. The van der Waals surface area contributed by atoms with E-state index in [4.69, 9.17) is 4.74 Å². The number of halogens is 2. The van der Waals surface area contributed by atoms with Crippen molar-refractivity contribution in [1.82, 2.24) is 15.5 Å². The van der Waals surface area contributed by atoms with Gasteiger partial charge in [0, 0.05) is 25.7 Å². The third-order valence-electron chi connectivity index (χ3n) is 3.57. The smallest absolute Gasteiger partial charge is 0.317 e. The minimum absolute atomic E-state index is 0.135. The molecule has 2 atom stereocenters. The van der Waals surface area contributed by atoms with E-state index in [1.807, 2.05) is 0 Å². The lowest BCUT2D eigenvalue weighted by Crippen LogP contribution is -2.50. The Bertz CT molecular complexity index is 299. The zero-order valence-corrected chi connectivity index (χ0v) is 10.9.